The number of carbonyl (C=O) groups excluding carboxylic acids is 1. The zero-order chi connectivity index (χ0) is 18.0. The fourth-order valence-corrected chi connectivity index (χ4v) is 2.14. The number of hydrogen-bond donors (Lipinski definition) is 1. The Labute approximate surface area is 145 Å². The summed E-state index contributed by atoms with van der Waals surface area (Å²) in [5.41, 5.74) is 0.0713. The van der Waals surface area contributed by atoms with Crippen molar-refractivity contribution >= 4 is 23.2 Å². The van der Waals surface area contributed by atoms with Crippen molar-refractivity contribution in [2.24, 2.45) is 0 Å². The molecule has 25 heavy (non-hydrogen) atoms. The molecule has 0 fully saturated rings. The van der Waals surface area contributed by atoms with Gasteiger partial charge in [-0.15, -0.1) is 5.10 Å². The number of rotatable bonds is 3. The van der Waals surface area contributed by atoms with E-state index >= 15 is 0 Å². The summed E-state index contributed by atoms with van der Waals surface area (Å²) in [6, 6.07) is 10.8. The molecule has 1 aromatic heterocycles. The number of hydrogen-bond acceptors (Lipinski definition) is 3. The molecule has 3 rings (SSSR count). The molecule has 0 aliphatic rings. The van der Waals surface area contributed by atoms with E-state index in [9.17, 15) is 18.0 Å². The molecule has 5 nitrogen and oxygen atoms in total. The van der Waals surface area contributed by atoms with E-state index in [1.165, 1.54) is 11.0 Å². The summed E-state index contributed by atoms with van der Waals surface area (Å²) in [7, 11) is 0. The van der Waals surface area contributed by atoms with Crippen LogP contribution in [0, 0.1) is 0 Å². The van der Waals surface area contributed by atoms with Gasteiger partial charge >= 0.3 is 6.18 Å². The highest BCUT2D eigenvalue weighted by Crippen LogP contribution is 2.29. The molecule has 2 aromatic carbocycles. The second-order valence-electron chi connectivity index (χ2n) is 5.02. The summed E-state index contributed by atoms with van der Waals surface area (Å²) in [6.07, 6.45) is -3.08. The molecule has 0 atom stereocenters. The average molecular weight is 367 g/mol. The molecule has 1 N–H and O–H groups in total. The van der Waals surface area contributed by atoms with Gasteiger partial charge in [0, 0.05) is 10.7 Å². The minimum absolute atomic E-state index is 0.116. The van der Waals surface area contributed by atoms with E-state index in [-0.39, 0.29) is 11.5 Å². The summed E-state index contributed by atoms with van der Waals surface area (Å²) in [5.74, 6) is -0.748. The molecular formula is C16H10ClF3N4O. The zero-order valence-corrected chi connectivity index (χ0v) is 13.2. The van der Waals surface area contributed by atoms with Crippen molar-refractivity contribution in [2.75, 3.05) is 5.32 Å². The number of benzene rings is 2. The monoisotopic (exact) mass is 366 g/mol. The minimum Gasteiger partial charge on any atom is -0.319 e. The van der Waals surface area contributed by atoms with Crippen LogP contribution < -0.4 is 5.32 Å². The lowest BCUT2D eigenvalue weighted by molar-refractivity contribution is -0.137. The Morgan fingerprint density at radius 2 is 1.68 bits per heavy atom. The van der Waals surface area contributed by atoms with Crippen LogP contribution in [0.3, 0.4) is 0 Å². The normalized spacial score (nSPS) is 11.4. The molecule has 0 spiro atoms. The molecular weight excluding hydrogens is 357 g/mol. The van der Waals surface area contributed by atoms with Gasteiger partial charge in [-0.2, -0.15) is 13.2 Å². The first-order valence-electron chi connectivity index (χ1n) is 6.99. The fraction of sp³-hybridized carbons (Fsp3) is 0.0625. The van der Waals surface area contributed by atoms with Crippen molar-refractivity contribution in [3.8, 4) is 5.69 Å². The van der Waals surface area contributed by atoms with Crippen molar-refractivity contribution < 1.29 is 18.0 Å². The molecule has 3 aromatic rings. The molecule has 1 heterocycles. The maximum Gasteiger partial charge on any atom is 0.416 e. The van der Waals surface area contributed by atoms with Gasteiger partial charge in [-0.1, -0.05) is 11.6 Å². The van der Waals surface area contributed by atoms with E-state index in [0.717, 1.165) is 24.3 Å². The van der Waals surface area contributed by atoms with Gasteiger partial charge in [-0.25, -0.2) is 9.67 Å². The number of aromatic nitrogens is 3. The van der Waals surface area contributed by atoms with Gasteiger partial charge in [0.2, 0.25) is 5.82 Å². The predicted molar refractivity (Wildman–Crippen MR) is 85.8 cm³/mol. The molecule has 0 bridgehead atoms. The van der Waals surface area contributed by atoms with E-state index < -0.39 is 17.6 Å². The van der Waals surface area contributed by atoms with Gasteiger partial charge in [-0.3, -0.25) is 4.79 Å². The molecule has 0 saturated heterocycles. The quantitative estimate of drug-likeness (QED) is 0.756. The van der Waals surface area contributed by atoms with Crippen molar-refractivity contribution in [1.29, 1.82) is 0 Å². The van der Waals surface area contributed by atoms with Crippen LogP contribution in [0.1, 0.15) is 16.2 Å². The smallest absolute Gasteiger partial charge is 0.319 e. The first-order chi connectivity index (χ1) is 11.8. The Morgan fingerprint density at radius 3 is 2.28 bits per heavy atom. The number of nitrogens with one attached hydrogen (secondary N) is 1. The third kappa shape index (κ3) is 3.97. The predicted octanol–water partition coefficient (Wildman–Crippen LogP) is 4.19. The minimum atomic E-state index is -4.43. The molecule has 0 aliphatic heterocycles. The van der Waals surface area contributed by atoms with Crippen LogP contribution in [0.5, 0.6) is 0 Å². The maximum absolute atomic E-state index is 12.5. The number of alkyl halides is 3. The van der Waals surface area contributed by atoms with Crippen molar-refractivity contribution in [1.82, 2.24) is 14.8 Å². The van der Waals surface area contributed by atoms with Crippen LogP contribution in [0.2, 0.25) is 5.02 Å². The highest BCUT2D eigenvalue weighted by atomic mass is 35.5. The molecule has 9 heteroatoms. The largest absolute Gasteiger partial charge is 0.416 e. The van der Waals surface area contributed by atoms with Gasteiger partial charge in [-0.05, 0) is 48.5 Å². The Hall–Kier alpha value is -2.87. The van der Waals surface area contributed by atoms with Gasteiger partial charge in [0.05, 0.1) is 11.3 Å². The molecule has 0 aliphatic carbocycles. The Kier molecular flexibility index (Phi) is 4.45. The standard InChI is InChI=1S/C16H10ClF3N4O/c17-11-3-7-13(8-4-11)24-9-21-14(23-24)15(25)22-12-5-1-10(2-6-12)16(18,19)20/h1-9H,(H,22,25). The van der Waals surface area contributed by atoms with Gasteiger partial charge in [0.1, 0.15) is 6.33 Å². The van der Waals surface area contributed by atoms with Gasteiger partial charge in [0.15, 0.2) is 0 Å². The van der Waals surface area contributed by atoms with Crippen molar-refractivity contribution in [2.45, 2.75) is 6.18 Å². The highest BCUT2D eigenvalue weighted by Gasteiger charge is 2.30. The molecule has 0 radical (unpaired) electrons. The molecule has 0 unspecified atom stereocenters. The SMILES string of the molecule is O=C(Nc1ccc(C(F)(F)F)cc1)c1ncn(-c2ccc(Cl)cc2)n1. The summed E-state index contributed by atoms with van der Waals surface area (Å²) in [5, 5.41) is 7.04. The molecule has 128 valence electrons. The van der Waals surface area contributed by atoms with E-state index in [1.54, 1.807) is 24.3 Å². The summed E-state index contributed by atoms with van der Waals surface area (Å²) < 4.78 is 38.9. The second-order valence-corrected chi connectivity index (χ2v) is 5.45. The maximum atomic E-state index is 12.5. The Morgan fingerprint density at radius 1 is 1.04 bits per heavy atom. The number of carbonyl (C=O) groups is 1. The van der Waals surface area contributed by atoms with E-state index in [2.05, 4.69) is 15.4 Å². The number of anilines is 1. The van der Waals surface area contributed by atoms with E-state index in [1.807, 2.05) is 0 Å². The van der Waals surface area contributed by atoms with Crippen molar-refractivity contribution in [3.63, 3.8) is 0 Å². The number of amides is 1. The molecule has 1 amide bonds. The van der Waals surface area contributed by atoms with Crippen molar-refractivity contribution in [3.05, 3.63) is 71.3 Å². The number of nitrogens with zero attached hydrogens (tertiary/aromatic N) is 3. The summed E-state index contributed by atoms with van der Waals surface area (Å²) in [6.45, 7) is 0. The first kappa shape index (κ1) is 17.0. The van der Waals surface area contributed by atoms with Crippen LogP contribution in [0.4, 0.5) is 18.9 Å². The lowest BCUT2D eigenvalue weighted by Gasteiger charge is -2.07. The van der Waals surface area contributed by atoms with Gasteiger partial charge in [0.25, 0.3) is 5.91 Å². The van der Waals surface area contributed by atoms with Crippen LogP contribution >= 0.6 is 11.6 Å². The van der Waals surface area contributed by atoms with E-state index in [0.29, 0.717) is 10.7 Å². The number of halogens is 4. The molecule has 0 saturated carbocycles. The average Bonchev–Trinajstić information content (AvgIpc) is 3.05. The Bertz CT molecular complexity index is 889. The third-order valence-electron chi connectivity index (χ3n) is 3.26. The zero-order valence-electron chi connectivity index (χ0n) is 12.5. The third-order valence-corrected chi connectivity index (χ3v) is 3.51. The first-order valence-corrected chi connectivity index (χ1v) is 7.37. The summed E-state index contributed by atoms with van der Waals surface area (Å²) >= 11 is 5.80. The van der Waals surface area contributed by atoms with E-state index in [4.69, 9.17) is 11.6 Å². The van der Waals surface area contributed by atoms with Crippen LogP contribution in [-0.4, -0.2) is 20.7 Å². The second kappa shape index (κ2) is 6.56. The summed E-state index contributed by atoms with van der Waals surface area (Å²) in [4.78, 5) is 16.0. The lowest BCUT2D eigenvalue weighted by atomic mass is 10.2. The van der Waals surface area contributed by atoms with Gasteiger partial charge < -0.3 is 5.32 Å². The topological polar surface area (TPSA) is 59.8 Å². The Balaban J connectivity index is 1.72. The van der Waals surface area contributed by atoms with Crippen LogP contribution in [0.15, 0.2) is 54.9 Å². The lowest BCUT2D eigenvalue weighted by Crippen LogP contribution is -2.14. The highest BCUT2D eigenvalue weighted by molar-refractivity contribution is 6.30. The fourth-order valence-electron chi connectivity index (χ4n) is 2.01. The van der Waals surface area contributed by atoms with Crippen LogP contribution in [0.25, 0.3) is 5.69 Å². The van der Waals surface area contributed by atoms with Crippen LogP contribution in [-0.2, 0) is 6.18 Å².